The van der Waals surface area contributed by atoms with Gasteiger partial charge in [-0.25, -0.2) is 5.43 Å². The first-order valence-electron chi connectivity index (χ1n) is 6.87. The van der Waals surface area contributed by atoms with Gasteiger partial charge >= 0.3 is 0 Å². The van der Waals surface area contributed by atoms with Gasteiger partial charge in [0, 0.05) is 23.3 Å². The Labute approximate surface area is 131 Å². The van der Waals surface area contributed by atoms with Gasteiger partial charge in [0.1, 0.15) is 5.75 Å². The Morgan fingerprint density at radius 2 is 1.96 bits per heavy atom. The van der Waals surface area contributed by atoms with E-state index in [2.05, 4.69) is 10.5 Å². The van der Waals surface area contributed by atoms with Gasteiger partial charge in [0.05, 0.1) is 24.2 Å². The highest BCUT2D eigenvalue weighted by molar-refractivity contribution is 6.15. The van der Waals surface area contributed by atoms with E-state index in [1.54, 1.807) is 31.4 Å². The molecule has 0 saturated carbocycles. The Morgan fingerprint density at radius 3 is 2.61 bits per heavy atom. The predicted octanol–water partition coefficient (Wildman–Crippen LogP) is 2.03. The zero-order valence-corrected chi connectivity index (χ0v) is 12.3. The molecule has 1 aliphatic rings. The van der Waals surface area contributed by atoms with Crippen LogP contribution < -0.4 is 10.2 Å². The van der Waals surface area contributed by atoms with Gasteiger partial charge in [0.25, 0.3) is 5.69 Å². The number of non-ortho nitro benzene ring substituents is 1. The molecule has 1 N–H and O–H groups in total. The molecule has 1 heterocycles. The molecule has 2 aromatic carbocycles. The fraction of sp³-hybridized carbons (Fsp3) is 0.125. The van der Waals surface area contributed by atoms with E-state index < -0.39 is 4.92 Å². The van der Waals surface area contributed by atoms with Gasteiger partial charge < -0.3 is 4.74 Å². The maximum atomic E-state index is 11.8. The van der Waals surface area contributed by atoms with Gasteiger partial charge in [-0.3, -0.25) is 14.9 Å². The third-order valence-electron chi connectivity index (χ3n) is 3.57. The molecule has 23 heavy (non-hydrogen) atoms. The summed E-state index contributed by atoms with van der Waals surface area (Å²) in [6.45, 7) is 0. The van der Waals surface area contributed by atoms with Gasteiger partial charge in [0.2, 0.25) is 5.91 Å². The highest BCUT2D eigenvalue weighted by Crippen LogP contribution is 2.24. The van der Waals surface area contributed by atoms with Crippen molar-refractivity contribution >= 4 is 17.3 Å². The summed E-state index contributed by atoms with van der Waals surface area (Å²) in [5.74, 6) is 0.432. The number of nitrogens with zero attached hydrogens (tertiary/aromatic N) is 2. The molecule has 2 aromatic rings. The number of methoxy groups -OCH3 is 1. The second-order valence-corrected chi connectivity index (χ2v) is 5.00. The van der Waals surface area contributed by atoms with Crippen molar-refractivity contribution in [2.75, 3.05) is 7.11 Å². The van der Waals surface area contributed by atoms with Crippen LogP contribution in [0, 0.1) is 10.1 Å². The molecule has 0 spiro atoms. The Kier molecular flexibility index (Phi) is 3.76. The molecule has 0 unspecified atom stereocenters. The van der Waals surface area contributed by atoms with Gasteiger partial charge in [0.15, 0.2) is 0 Å². The average molecular weight is 311 g/mol. The molecule has 0 atom stereocenters. The van der Waals surface area contributed by atoms with E-state index in [-0.39, 0.29) is 18.0 Å². The van der Waals surface area contributed by atoms with Crippen LogP contribution in [0.15, 0.2) is 47.6 Å². The van der Waals surface area contributed by atoms with Crippen LogP contribution in [0.25, 0.3) is 0 Å². The number of hydrogen-bond donors (Lipinski definition) is 1. The topological polar surface area (TPSA) is 93.8 Å². The van der Waals surface area contributed by atoms with E-state index in [1.807, 2.05) is 6.07 Å². The molecule has 0 saturated heterocycles. The minimum absolute atomic E-state index is 0.00197. The number of ether oxygens (including phenoxy) is 1. The van der Waals surface area contributed by atoms with Crippen molar-refractivity contribution in [1.29, 1.82) is 0 Å². The normalized spacial score (nSPS) is 13.4. The predicted molar refractivity (Wildman–Crippen MR) is 83.6 cm³/mol. The molecule has 1 aliphatic heterocycles. The highest BCUT2D eigenvalue weighted by atomic mass is 16.6. The van der Waals surface area contributed by atoms with Crippen molar-refractivity contribution in [3.8, 4) is 5.75 Å². The van der Waals surface area contributed by atoms with Crippen LogP contribution in [0.1, 0.15) is 16.7 Å². The molecule has 116 valence electrons. The number of amides is 1. The van der Waals surface area contributed by atoms with Crippen molar-refractivity contribution < 1.29 is 14.5 Å². The lowest BCUT2D eigenvalue weighted by molar-refractivity contribution is -0.384. The van der Waals surface area contributed by atoms with Gasteiger partial charge in [-0.2, -0.15) is 5.10 Å². The summed E-state index contributed by atoms with van der Waals surface area (Å²) in [6.07, 6.45) is 0.208. The third kappa shape index (κ3) is 2.89. The molecule has 1 amide bonds. The Bertz CT molecular complexity index is 813. The van der Waals surface area contributed by atoms with Crippen LogP contribution in [0.4, 0.5) is 5.69 Å². The summed E-state index contributed by atoms with van der Waals surface area (Å²) in [5.41, 5.74) is 5.28. The summed E-state index contributed by atoms with van der Waals surface area (Å²) in [6, 6.07) is 11.4. The standard InChI is InChI=1S/C16H13N3O4/c1-23-13-7-4-11-8-15(20)17-18-16(14(11)9-13)10-2-5-12(6-3-10)19(21)22/h2-7,9H,8H2,1H3,(H,17,20). The Balaban J connectivity index is 2.11. The number of benzene rings is 2. The van der Waals surface area contributed by atoms with E-state index in [0.717, 1.165) is 11.1 Å². The summed E-state index contributed by atoms with van der Waals surface area (Å²) >= 11 is 0. The second-order valence-electron chi connectivity index (χ2n) is 5.00. The maximum Gasteiger partial charge on any atom is 0.269 e. The smallest absolute Gasteiger partial charge is 0.269 e. The molecule has 3 rings (SSSR count). The number of carbonyl (C=O) groups is 1. The first kappa shape index (κ1) is 14.7. The molecular weight excluding hydrogens is 298 g/mol. The lowest BCUT2D eigenvalue weighted by Crippen LogP contribution is -2.18. The SMILES string of the molecule is COc1ccc2c(c1)C(c1ccc([N+](=O)[O-])cc1)=NNC(=O)C2. The quantitative estimate of drug-likeness (QED) is 0.693. The van der Waals surface area contributed by atoms with Crippen LogP contribution in [-0.2, 0) is 11.2 Å². The molecule has 0 aliphatic carbocycles. The maximum absolute atomic E-state index is 11.8. The first-order valence-corrected chi connectivity index (χ1v) is 6.87. The van der Waals surface area contributed by atoms with E-state index in [4.69, 9.17) is 4.74 Å². The van der Waals surface area contributed by atoms with Crippen molar-refractivity contribution in [3.05, 3.63) is 69.3 Å². The molecule has 0 radical (unpaired) electrons. The number of nitro benzene ring substituents is 1. The lowest BCUT2D eigenvalue weighted by atomic mass is 9.95. The van der Waals surface area contributed by atoms with Crippen molar-refractivity contribution in [2.24, 2.45) is 5.10 Å². The molecular formula is C16H13N3O4. The van der Waals surface area contributed by atoms with E-state index in [1.165, 1.54) is 12.1 Å². The fourth-order valence-electron chi connectivity index (χ4n) is 2.41. The van der Waals surface area contributed by atoms with E-state index in [9.17, 15) is 14.9 Å². The molecule has 7 heteroatoms. The average Bonchev–Trinajstić information content (AvgIpc) is 2.72. The van der Waals surface area contributed by atoms with Gasteiger partial charge in [-0.15, -0.1) is 0 Å². The summed E-state index contributed by atoms with van der Waals surface area (Å²) in [7, 11) is 1.56. The number of hydrazone groups is 1. The van der Waals surface area contributed by atoms with Gasteiger partial charge in [-0.05, 0) is 29.8 Å². The fourth-order valence-corrected chi connectivity index (χ4v) is 2.41. The molecule has 0 aromatic heterocycles. The summed E-state index contributed by atoms with van der Waals surface area (Å²) < 4.78 is 5.23. The van der Waals surface area contributed by atoms with Gasteiger partial charge in [-0.1, -0.05) is 6.07 Å². The monoisotopic (exact) mass is 311 g/mol. The van der Waals surface area contributed by atoms with Crippen LogP contribution in [-0.4, -0.2) is 23.7 Å². The van der Waals surface area contributed by atoms with E-state index in [0.29, 0.717) is 17.0 Å². The summed E-state index contributed by atoms with van der Waals surface area (Å²) in [5, 5.41) is 14.9. The number of fused-ring (bicyclic) bond motifs is 1. The summed E-state index contributed by atoms with van der Waals surface area (Å²) in [4.78, 5) is 22.1. The lowest BCUT2D eigenvalue weighted by Gasteiger charge is -2.10. The Hall–Kier alpha value is -3.22. The highest BCUT2D eigenvalue weighted by Gasteiger charge is 2.20. The molecule has 0 fully saturated rings. The van der Waals surface area contributed by atoms with Crippen LogP contribution >= 0.6 is 0 Å². The minimum Gasteiger partial charge on any atom is -0.497 e. The second kappa shape index (κ2) is 5.88. The largest absolute Gasteiger partial charge is 0.497 e. The number of rotatable bonds is 3. The zero-order valence-electron chi connectivity index (χ0n) is 12.3. The van der Waals surface area contributed by atoms with Crippen molar-refractivity contribution in [3.63, 3.8) is 0 Å². The molecule has 7 nitrogen and oxygen atoms in total. The Morgan fingerprint density at radius 1 is 1.22 bits per heavy atom. The van der Waals surface area contributed by atoms with E-state index >= 15 is 0 Å². The minimum atomic E-state index is -0.461. The molecule has 0 bridgehead atoms. The first-order chi connectivity index (χ1) is 11.1. The number of nitrogens with one attached hydrogen (secondary N) is 1. The van der Waals surface area contributed by atoms with Crippen LogP contribution in [0.5, 0.6) is 5.75 Å². The number of hydrogen-bond acceptors (Lipinski definition) is 5. The van der Waals surface area contributed by atoms with Crippen LogP contribution in [0.2, 0.25) is 0 Å². The van der Waals surface area contributed by atoms with Crippen molar-refractivity contribution in [2.45, 2.75) is 6.42 Å². The zero-order chi connectivity index (χ0) is 16.4. The number of carbonyl (C=O) groups excluding carboxylic acids is 1. The third-order valence-corrected chi connectivity index (χ3v) is 3.57. The number of nitro groups is 1. The van der Waals surface area contributed by atoms with Crippen molar-refractivity contribution in [1.82, 2.24) is 5.43 Å². The van der Waals surface area contributed by atoms with Crippen LogP contribution in [0.3, 0.4) is 0 Å².